The molecule has 2 rings (SSSR count). The molecule has 108 valence electrons. The van der Waals surface area contributed by atoms with Gasteiger partial charge in [-0.1, -0.05) is 11.8 Å². The molecule has 0 bridgehead atoms. The molecular weight excluding hydrogens is 291 g/mol. The van der Waals surface area contributed by atoms with Crippen molar-refractivity contribution < 1.29 is 13.2 Å². The fourth-order valence-electron chi connectivity index (χ4n) is 1.50. The van der Waals surface area contributed by atoms with Gasteiger partial charge in [-0.2, -0.15) is 18.3 Å². The summed E-state index contributed by atoms with van der Waals surface area (Å²) in [4.78, 5) is 8.34. The summed E-state index contributed by atoms with van der Waals surface area (Å²) in [6.07, 6.45) is -1.45. The van der Waals surface area contributed by atoms with Crippen molar-refractivity contribution in [1.82, 2.24) is 19.7 Å². The summed E-state index contributed by atoms with van der Waals surface area (Å²) in [6, 6.07) is 2.46. The van der Waals surface area contributed by atoms with Crippen LogP contribution in [-0.4, -0.2) is 32.5 Å². The molecule has 9 heteroatoms. The van der Waals surface area contributed by atoms with Gasteiger partial charge in [0.15, 0.2) is 16.7 Å². The van der Waals surface area contributed by atoms with Crippen LogP contribution in [0.25, 0.3) is 5.82 Å². The fraction of sp³-hybridized carbons (Fsp3) is 0.364. The van der Waals surface area contributed by atoms with E-state index in [-0.39, 0.29) is 5.82 Å². The highest BCUT2D eigenvalue weighted by atomic mass is 32.2. The third-order valence-corrected chi connectivity index (χ3v) is 2.89. The van der Waals surface area contributed by atoms with Crippen LogP contribution in [0.1, 0.15) is 12.6 Å². The molecule has 0 saturated heterocycles. The molecule has 0 amide bonds. The van der Waals surface area contributed by atoms with Gasteiger partial charge in [0.05, 0.1) is 0 Å². The average molecular weight is 303 g/mol. The Morgan fingerprint density at radius 2 is 2.10 bits per heavy atom. The lowest BCUT2D eigenvalue weighted by Gasteiger charge is -2.07. The van der Waals surface area contributed by atoms with Gasteiger partial charge in [0.25, 0.3) is 0 Å². The van der Waals surface area contributed by atoms with Gasteiger partial charge < -0.3 is 5.32 Å². The summed E-state index contributed by atoms with van der Waals surface area (Å²) < 4.78 is 38.7. The number of hydrogen-bond acceptors (Lipinski definition) is 5. The van der Waals surface area contributed by atoms with Crippen molar-refractivity contribution >= 4 is 17.6 Å². The van der Waals surface area contributed by atoms with Gasteiger partial charge in [-0.05, 0) is 19.2 Å². The minimum Gasteiger partial charge on any atom is -0.370 e. The zero-order valence-corrected chi connectivity index (χ0v) is 11.6. The van der Waals surface area contributed by atoms with E-state index < -0.39 is 11.9 Å². The summed E-state index contributed by atoms with van der Waals surface area (Å²) in [7, 11) is 0. The molecule has 0 saturated carbocycles. The van der Waals surface area contributed by atoms with Crippen molar-refractivity contribution in [3.05, 3.63) is 24.0 Å². The second-order valence-electron chi connectivity index (χ2n) is 3.77. The normalized spacial score (nSPS) is 11.7. The Kier molecular flexibility index (Phi) is 4.17. The van der Waals surface area contributed by atoms with E-state index >= 15 is 0 Å². The van der Waals surface area contributed by atoms with E-state index in [9.17, 15) is 13.2 Å². The van der Waals surface area contributed by atoms with Crippen molar-refractivity contribution in [2.75, 3.05) is 18.1 Å². The highest BCUT2D eigenvalue weighted by Crippen LogP contribution is 2.28. The number of halogens is 3. The van der Waals surface area contributed by atoms with Crippen LogP contribution in [0.4, 0.5) is 19.0 Å². The van der Waals surface area contributed by atoms with Crippen LogP contribution in [0.15, 0.2) is 23.5 Å². The molecule has 0 aliphatic rings. The topological polar surface area (TPSA) is 55.6 Å². The Bertz CT molecular complexity index is 596. The maximum Gasteiger partial charge on any atom is 0.435 e. The van der Waals surface area contributed by atoms with E-state index in [4.69, 9.17) is 0 Å². The van der Waals surface area contributed by atoms with Crippen LogP contribution in [0.2, 0.25) is 0 Å². The van der Waals surface area contributed by atoms with Gasteiger partial charge >= 0.3 is 6.18 Å². The number of nitrogens with one attached hydrogen (secondary N) is 1. The quantitative estimate of drug-likeness (QED) is 0.695. The number of alkyl halides is 3. The van der Waals surface area contributed by atoms with Gasteiger partial charge in [-0.15, -0.1) is 0 Å². The molecule has 0 fully saturated rings. The first-order valence-electron chi connectivity index (χ1n) is 5.74. The lowest BCUT2D eigenvalue weighted by molar-refractivity contribution is -0.141. The lowest BCUT2D eigenvalue weighted by Crippen LogP contribution is -2.09. The molecular formula is C11H12F3N5S. The predicted molar refractivity (Wildman–Crippen MR) is 70.1 cm³/mol. The Labute approximate surface area is 117 Å². The van der Waals surface area contributed by atoms with Gasteiger partial charge in [-0.25, -0.2) is 14.6 Å². The van der Waals surface area contributed by atoms with E-state index in [2.05, 4.69) is 20.4 Å². The van der Waals surface area contributed by atoms with Crippen LogP contribution in [0.5, 0.6) is 0 Å². The van der Waals surface area contributed by atoms with E-state index in [0.29, 0.717) is 17.5 Å². The summed E-state index contributed by atoms with van der Waals surface area (Å²) in [5, 5.41) is 6.96. The number of hydrogen-bond donors (Lipinski definition) is 1. The highest BCUT2D eigenvalue weighted by Gasteiger charge is 2.33. The summed E-state index contributed by atoms with van der Waals surface area (Å²) >= 11 is 1.30. The molecule has 20 heavy (non-hydrogen) atoms. The van der Waals surface area contributed by atoms with Gasteiger partial charge in [0.2, 0.25) is 0 Å². The number of thioether (sulfide) groups is 1. The van der Waals surface area contributed by atoms with Crippen molar-refractivity contribution in [2.45, 2.75) is 18.3 Å². The van der Waals surface area contributed by atoms with E-state index in [0.717, 1.165) is 10.7 Å². The SMILES string of the molecule is CCNc1cc(-n2ccc(C(F)(F)F)n2)nc(SC)n1. The number of nitrogens with zero attached hydrogens (tertiary/aromatic N) is 4. The molecule has 0 aliphatic carbocycles. The average Bonchev–Trinajstić information content (AvgIpc) is 2.88. The highest BCUT2D eigenvalue weighted by molar-refractivity contribution is 7.98. The minimum absolute atomic E-state index is 0.288. The molecule has 2 heterocycles. The van der Waals surface area contributed by atoms with Crippen LogP contribution in [0, 0.1) is 0 Å². The molecule has 0 unspecified atom stereocenters. The molecule has 0 aromatic carbocycles. The Morgan fingerprint density at radius 3 is 2.65 bits per heavy atom. The number of anilines is 1. The summed E-state index contributed by atoms with van der Waals surface area (Å²) in [5.41, 5.74) is -0.952. The maximum absolute atomic E-state index is 12.5. The first kappa shape index (κ1) is 14.6. The van der Waals surface area contributed by atoms with E-state index in [1.807, 2.05) is 6.92 Å². The Hall–Kier alpha value is -1.77. The fourth-order valence-corrected chi connectivity index (χ4v) is 1.87. The number of rotatable bonds is 4. The maximum atomic E-state index is 12.5. The zero-order valence-electron chi connectivity index (χ0n) is 10.8. The van der Waals surface area contributed by atoms with Crippen LogP contribution in [0.3, 0.4) is 0 Å². The van der Waals surface area contributed by atoms with Crippen LogP contribution in [-0.2, 0) is 6.18 Å². The standard InChI is InChI=1S/C11H12F3N5S/c1-3-15-8-6-9(17-10(16-8)20-2)19-5-4-7(18-19)11(12,13)14/h4-6H,3H2,1-2H3,(H,15,16,17). The smallest absolute Gasteiger partial charge is 0.370 e. The van der Waals surface area contributed by atoms with Crippen molar-refractivity contribution in [2.24, 2.45) is 0 Å². The van der Waals surface area contributed by atoms with Crippen molar-refractivity contribution in [3.8, 4) is 5.82 Å². The molecule has 2 aromatic heterocycles. The third kappa shape index (κ3) is 3.21. The van der Waals surface area contributed by atoms with Gasteiger partial charge in [-0.3, -0.25) is 0 Å². The third-order valence-electron chi connectivity index (χ3n) is 2.35. The van der Waals surface area contributed by atoms with Gasteiger partial charge in [0.1, 0.15) is 5.82 Å². The lowest BCUT2D eigenvalue weighted by atomic mass is 10.4. The van der Waals surface area contributed by atoms with E-state index in [1.54, 1.807) is 12.3 Å². The Balaban J connectivity index is 2.41. The molecule has 0 radical (unpaired) electrons. The van der Waals surface area contributed by atoms with Crippen LogP contribution < -0.4 is 5.32 Å². The molecule has 2 aromatic rings. The summed E-state index contributed by atoms with van der Waals surface area (Å²) in [5.74, 6) is 0.835. The first-order valence-corrected chi connectivity index (χ1v) is 6.96. The zero-order chi connectivity index (χ0) is 14.8. The molecule has 0 atom stereocenters. The molecule has 0 spiro atoms. The predicted octanol–water partition coefficient (Wildman–Crippen LogP) is 2.83. The monoisotopic (exact) mass is 303 g/mol. The molecule has 1 N–H and O–H groups in total. The van der Waals surface area contributed by atoms with Crippen molar-refractivity contribution in [3.63, 3.8) is 0 Å². The van der Waals surface area contributed by atoms with E-state index in [1.165, 1.54) is 18.0 Å². The largest absolute Gasteiger partial charge is 0.435 e. The van der Waals surface area contributed by atoms with Crippen LogP contribution >= 0.6 is 11.8 Å². The van der Waals surface area contributed by atoms with Crippen molar-refractivity contribution in [1.29, 1.82) is 0 Å². The summed E-state index contributed by atoms with van der Waals surface area (Å²) in [6.45, 7) is 2.55. The minimum atomic E-state index is -4.47. The first-order chi connectivity index (χ1) is 9.44. The second-order valence-corrected chi connectivity index (χ2v) is 4.55. The van der Waals surface area contributed by atoms with Gasteiger partial charge in [0, 0.05) is 18.8 Å². The Morgan fingerprint density at radius 1 is 1.35 bits per heavy atom. The number of aromatic nitrogens is 4. The molecule has 0 aliphatic heterocycles. The second kappa shape index (κ2) is 5.70. The molecule has 5 nitrogen and oxygen atoms in total.